The van der Waals surface area contributed by atoms with Crippen LogP contribution in [0.3, 0.4) is 0 Å². The average Bonchev–Trinajstić information content (AvgIpc) is 1.88. The van der Waals surface area contributed by atoms with Crippen LogP contribution in [0, 0.1) is 12.7 Å². The lowest BCUT2D eigenvalue weighted by Crippen LogP contribution is -1.76. The molecule has 0 saturated carbocycles. The summed E-state index contributed by atoms with van der Waals surface area (Å²) in [6.07, 6.45) is 0. The molecule has 52 valence electrons. The molecular weight excluding hydrogens is 129 g/mol. The van der Waals surface area contributed by atoms with E-state index >= 15 is 0 Å². The molecule has 2 heteroatoms. The summed E-state index contributed by atoms with van der Waals surface area (Å²) < 4.78 is 12.4. The van der Waals surface area contributed by atoms with Crippen molar-refractivity contribution in [3.63, 3.8) is 0 Å². The van der Waals surface area contributed by atoms with Crippen LogP contribution in [0.25, 0.3) is 0 Å². The maximum Gasteiger partial charge on any atom is 0.123 e. The molecule has 0 aromatic heterocycles. The van der Waals surface area contributed by atoms with E-state index < -0.39 is 0 Å². The van der Waals surface area contributed by atoms with Crippen LogP contribution < -0.4 is 0 Å². The van der Waals surface area contributed by atoms with Gasteiger partial charge in [-0.2, -0.15) is 0 Å². The van der Waals surface area contributed by atoms with Gasteiger partial charge in [-0.05, 0) is 37.4 Å². The van der Waals surface area contributed by atoms with Crippen molar-refractivity contribution < 1.29 is 4.39 Å². The minimum atomic E-state index is -0.232. The van der Waals surface area contributed by atoms with E-state index in [2.05, 4.69) is 11.7 Å². The SMILES string of the molecule is C=Nc1ccc(F)cc1C. The Morgan fingerprint density at radius 1 is 1.50 bits per heavy atom. The highest BCUT2D eigenvalue weighted by atomic mass is 19.1. The zero-order valence-corrected chi connectivity index (χ0v) is 5.76. The highest BCUT2D eigenvalue weighted by molar-refractivity contribution is 5.50. The van der Waals surface area contributed by atoms with Gasteiger partial charge in [0.1, 0.15) is 5.82 Å². The number of aliphatic imine (C=N–C) groups is 1. The molecule has 1 nitrogen and oxygen atoms in total. The van der Waals surface area contributed by atoms with Crippen molar-refractivity contribution in [2.75, 3.05) is 0 Å². The van der Waals surface area contributed by atoms with Gasteiger partial charge >= 0.3 is 0 Å². The number of nitrogens with zero attached hydrogens (tertiary/aromatic N) is 1. The van der Waals surface area contributed by atoms with Crippen molar-refractivity contribution in [1.82, 2.24) is 0 Å². The third kappa shape index (κ3) is 1.21. The first-order valence-electron chi connectivity index (χ1n) is 2.97. The normalized spacial score (nSPS) is 9.40. The van der Waals surface area contributed by atoms with Crippen LogP contribution in [0.5, 0.6) is 0 Å². The molecule has 0 unspecified atom stereocenters. The van der Waals surface area contributed by atoms with Gasteiger partial charge in [0, 0.05) is 0 Å². The number of rotatable bonds is 1. The van der Waals surface area contributed by atoms with Gasteiger partial charge in [-0.25, -0.2) is 4.39 Å². The van der Waals surface area contributed by atoms with Crippen molar-refractivity contribution in [1.29, 1.82) is 0 Å². The van der Waals surface area contributed by atoms with Gasteiger partial charge in [0.15, 0.2) is 0 Å². The van der Waals surface area contributed by atoms with Crippen LogP contribution in [0.15, 0.2) is 23.2 Å². The molecule has 0 fully saturated rings. The Morgan fingerprint density at radius 2 is 2.20 bits per heavy atom. The second-order valence-electron chi connectivity index (χ2n) is 2.09. The number of aryl methyl sites for hydroxylation is 1. The first kappa shape index (κ1) is 6.93. The molecule has 0 radical (unpaired) electrons. The van der Waals surface area contributed by atoms with Gasteiger partial charge in [0.2, 0.25) is 0 Å². The standard InChI is InChI=1S/C8H8FN/c1-6-5-7(9)3-4-8(6)10-2/h3-5H,2H2,1H3. The van der Waals surface area contributed by atoms with Gasteiger partial charge < -0.3 is 0 Å². The molecule has 1 rings (SSSR count). The van der Waals surface area contributed by atoms with Crippen LogP contribution in [0.1, 0.15) is 5.56 Å². The van der Waals surface area contributed by atoms with Gasteiger partial charge in [0.05, 0.1) is 5.69 Å². The van der Waals surface area contributed by atoms with Crippen molar-refractivity contribution in [2.24, 2.45) is 4.99 Å². The summed E-state index contributed by atoms with van der Waals surface area (Å²) in [6, 6.07) is 4.42. The zero-order valence-electron chi connectivity index (χ0n) is 5.76. The number of benzene rings is 1. The predicted octanol–water partition coefficient (Wildman–Crippen LogP) is 2.47. The maximum atomic E-state index is 12.4. The number of hydrogen-bond donors (Lipinski definition) is 0. The first-order valence-corrected chi connectivity index (χ1v) is 2.97. The topological polar surface area (TPSA) is 12.4 Å². The smallest absolute Gasteiger partial charge is 0.123 e. The lowest BCUT2D eigenvalue weighted by Gasteiger charge is -1.96. The van der Waals surface area contributed by atoms with E-state index in [1.165, 1.54) is 12.1 Å². The van der Waals surface area contributed by atoms with Gasteiger partial charge in [0.25, 0.3) is 0 Å². The van der Waals surface area contributed by atoms with Crippen molar-refractivity contribution >= 4 is 12.4 Å². The monoisotopic (exact) mass is 137 g/mol. The van der Waals surface area contributed by atoms with Crippen molar-refractivity contribution in [2.45, 2.75) is 6.92 Å². The molecule has 0 aliphatic heterocycles. The molecule has 0 aliphatic rings. The molecule has 0 atom stereocenters. The van der Waals surface area contributed by atoms with Crippen molar-refractivity contribution in [3.05, 3.63) is 29.6 Å². The number of halogens is 1. The largest absolute Gasteiger partial charge is 0.264 e. The predicted molar refractivity (Wildman–Crippen MR) is 40.3 cm³/mol. The zero-order chi connectivity index (χ0) is 7.56. The third-order valence-corrected chi connectivity index (χ3v) is 1.33. The average molecular weight is 137 g/mol. The van der Waals surface area contributed by atoms with Gasteiger partial charge in [-0.3, -0.25) is 4.99 Å². The molecule has 0 amide bonds. The highest BCUT2D eigenvalue weighted by Crippen LogP contribution is 2.17. The minimum Gasteiger partial charge on any atom is -0.264 e. The van der Waals surface area contributed by atoms with Crippen LogP contribution in [-0.2, 0) is 0 Å². The Bertz CT molecular complexity index is 255. The second kappa shape index (κ2) is 2.60. The van der Waals surface area contributed by atoms with E-state index in [0.29, 0.717) is 0 Å². The number of hydrogen-bond acceptors (Lipinski definition) is 1. The maximum absolute atomic E-state index is 12.4. The molecule has 0 spiro atoms. The van der Waals surface area contributed by atoms with Crippen LogP contribution in [0.4, 0.5) is 10.1 Å². The van der Waals surface area contributed by atoms with E-state index in [9.17, 15) is 4.39 Å². The van der Waals surface area contributed by atoms with Crippen LogP contribution >= 0.6 is 0 Å². The molecule has 1 aromatic rings. The molecule has 0 bridgehead atoms. The van der Waals surface area contributed by atoms with E-state index in [1.54, 1.807) is 13.0 Å². The molecular formula is C8H8FN. The van der Waals surface area contributed by atoms with Gasteiger partial charge in [-0.1, -0.05) is 0 Å². The van der Waals surface area contributed by atoms with Crippen molar-refractivity contribution in [3.8, 4) is 0 Å². The quantitative estimate of drug-likeness (QED) is 0.527. The van der Waals surface area contributed by atoms with Crippen LogP contribution in [-0.4, -0.2) is 6.72 Å². The fraction of sp³-hybridized carbons (Fsp3) is 0.125. The Balaban J connectivity index is 3.19. The Hall–Kier alpha value is -1.18. The van der Waals surface area contributed by atoms with E-state index in [0.717, 1.165) is 11.3 Å². The lowest BCUT2D eigenvalue weighted by atomic mass is 10.2. The molecule has 0 N–H and O–H groups in total. The molecule has 10 heavy (non-hydrogen) atoms. The fourth-order valence-electron chi connectivity index (χ4n) is 0.796. The molecule has 1 aromatic carbocycles. The summed E-state index contributed by atoms with van der Waals surface area (Å²) in [5, 5.41) is 0. The van der Waals surface area contributed by atoms with E-state index in [-0.39, 0.29) is 5.82 Å². The fourth-order valence-corrected chi connectivity index (χ4v) is 0.796. The summed E-state index contributed by atoms with van der Waals surface area (Å²) in [5.41, 5.74) is 1.55. The second-order valence-corrected chi connectivity index (χ2v) is 2.09. The van der Waals surface area contributed by atoms with Gasteiger partial charge in [-0.15, -0.1) is 0 Å². The summed E-state index contributed by atoms with van der Waals surface area (Å²) >= 11 is 0. The Morgan fingerprint density at radius 3 is 2.70 bits per heavy atom. The summed E-state index contributed by atoms with van der Waals surface area (Å²) in [4.78, 5) is 3.69. The summed E-state index contributed by atoms with van der Waals surface area (Å²) in [5.74, 6) is -0.232. The lowest BCUT2D eigenvalue weighted by molar-refractivity contribution is 0.627. The minimum absolute atomic E-state index is 0.232. The summed E-state index contributed by atoms with van der Waals surface area (Å²) in [7, 11) is 0. The molecule has 0 heterocycles. The summed E-state index contributed by atoms with van der Waals surface area (Å²) in [6.45, 7) is 5.15. The molecule has 0 aliphatic carbocycles. The Labute approximate surface area is 59.2 Å². The van der Waals surface area contributed by atoms with E-state index in [1.807, 2.05) is 0 Å². The molecule has 0 saturated heterocycles. The Kier molecular flexibility index (Phi) is 1.81. The van der Waals surface area contributed by atoms with Crippen LogP contribution in [0.2, 0.25) is 0 Å². The first-order chi connectivity index (χ1) is 4.74. The third-order valence-electron chi connectivity index (χ3n) is 1.33. The van der Waals surface area contributed by atoms with E-state index in [4.69, 9.17) is 0 Å². The highest BCUT2D eigenvalue weighted by Gasteiger charge is 1.94.